The molecule has 1 saturated heterocycles. The third-order valence-electron chi connectivity index (χ3n) is 3.45. The number of rotatable bonds is 6. The topological polar surface area (TPSA) is 49.4 Å². The van der Waals surface area contributed by atoms with Crippen LogP contribution in [0.3, 0.4) is 0 Å². The van der Waals surface area contributed by atoms with Crippen LogP contribution in [0.4, 0.5) is 5.69 Å². The van der Waals surface area contributed by atoms with Gasteiger partial charge in [0.25, 0.3) is 0 Å². The minimum atomic E-state index is -3.16. The molecular formula is C14H22N2O2S2. The molecule has 0 aliphatic carbocycles. The van der Waals surface area contributed by atoms with Crippen molar-refractivity contribution in [2.24, 2.45) is 0 Å². The van der Waals surface area contributed by atoms with Gasteiger partial charge in [0.05, 0.1) is 16.3 Å². The number of thioether (sulfide) groups is 1. The zero-order chi connectivity index (χ0) is 14.4. The van der Waals surface area contributed by atoms with E-state index in [1.54, 1.807) is 19.1 Å². The molecule has 0 saturated carbocycles. The molecule has 1 aromatic carbocycles. The van der Waals surface area contributed by atoms with Gasteiger partial charge in [0, 0.05) is 37.7 Å². The average Bonchev–Trinajstić information content (AvgIpc) is 2.49. The van der Waals surface area contributed by atoms with Crippen LogP contribution in [0, 0.1) is 0 Å². The van der Waals surface area contributed by atoms with E-state index in [4.69, 9.17) is 0 Å². The third-order valence-corrected chi connectivity index (χ3v) is 6.18. The molecule has 112 valence electrons. The maximum absolute atomic E-state index is 12.0. The molecule has 20 heavy (non-hydrogen) atoms. The normalized spacial score (nSPS) is 17.1. The Balaban J connectivity index is 1.95. The summed E-state index contributed by atoms with van der Waals surface area (Å²) < 4.78 is 24.1. The summed E-state index contributed by atoms with van der Waals surface area (Å²) >= 11 is 2.00. The van der Waals surface area contributed by atoms with Crippen LogP contribution in [0.2, 0.25) is 0 Å². The van der Waals surface area contributed by atoms with Gasteiger partial charge in [-0.05, 0) is 12.1 Å². The molecule has 1 fully saturated rings. The Hall–Kier alpha value is -0.720. The maximum Gasteiger partial charge on any atom is 0.180 e. The number of para-hydroxylation sites is 1. The van der Waals surface area contributed by atoms with Crippen LogP contribution in [-0.4, -0.2) is 56.8 Å². The lowest BCUT2D eigenvalue weighted by atomic mass is 10.3. The second-order valence-corrected chi connectivity index (χ2v) is 8.25. The van der Waals surface area contributed by atoms with Gasteiger partial charge < -0.3 is 5.32 Å². The molecule has 0 aromatic heterocycles. The summed E-state index contributed by atoms with van der Waals surface area (Å²) in [6.45, 7) is 5.67. The van der Waals surface area contributed by atoms with Gasteiger partial charge >= 0.3 is 0 Å². The lowest BCUT2D eigenvalue weighted by Crippen LogP contribution is -2.36. The van der Waals surface area contributed by atoms with Crippen LogP contribution in [-0.2, 0) is 9.84 Å². The van der Waals surface area contributed by atoms with Gasteiger partial charge in [-0.15, -0.1) is 0 Å². The summed E-state index contributed by atoms with van der Waals surface area (Å²) in [6.07, 6.45) is 0. The predicted octanol–water partition coefficient (Wildman–Crippen LogP) is 1.94. The number of hydrogen-bond acceptors (Lipinski definition) is 5. The van der Waals surface area contributed by atoms with Gasteiger partial charge in [0.2, 0.25) is 0 Å². The van der Waals surface area contributed by atoms with E-state index in [2.05, 4.69) is 10.2 Å². The number of hydrogen-bond donors (Lipinski definition) is 1. The first-order chi connectivity index (χ1) is 9.63. The molecule has 1 aromatic rings. The van der Waals surface area contributed by atoms with Crippen LogP contribution in [0.5, 0.6) is 0 Å². The van der Waals surface area contributed by atoms with E-state index in [1.165, 1.54) is 11.5 Å². The van der Waals surface area contributed by atoms with E-state index in [1.807, 2.05) is 23.9 Å². The van der Waals surface area contributed by atoms with Crippen molar-refractivity contribution < 1.29 is 8.42 Å². The van der Waals surface area contributed by atoms with Crippen LogP contribution < -0.4 is 5.32 Å². The minimum Gasteiger partial charge on any atom is -0.383 e. The molecule has 1 aliphatic rings. The van der Waals surface area contributed by atoms with Gasteiger partial charge in [-0.3, -0.25) is 4.90 Å². The number of benzene rings is 1. The zero-order valence-electron chi connectivity index (χ0n) is 11.8. The molecule has 1 N–H and O–H groups in total. The summed E-state index contributed by atoms with van der Waals surface area (Å²) in [7, 11) is -3.16. The second kappa shape index (κ2) is 7.33. The highest BCUT2D eigenvalue weighted by Gasteiger charge is 2.16. The summed E-state index contributed by atoms with van der Waals surface area (Å²) in [5.74, 6) is 2.52. The highest BCUT2D eigenvalue weighted by atomic mass is 32.2. The van der Waals surface area contributed by atoms with Gasteiger partial charge in [-0.1, -0.05) is 19.1 Å². The van der Waals surface area contributed by atoms with Crippen molar-refractivity contribution in [3.63, 3.8) is 0 Å². The maximum atomic E-state index is 12.0. The molecule has 0 atom stereocenters. The van der Waals surface area contributed by atoms with Gasteiger partial charge in [-0.25, -0.2) is 8.42 Å². The Bertz CT molecular complexity index is 526. The number of sulfone groups is 1. The number of anilines is 1. The first-order valence-electron chi connectivity index (χ1n) is 6.99. The van der Waals surface area contributed by atoms with E-state index in [9.17, 15) is 8.42 Å². The molecule has 0 amide bonds. The summed E-state index contributed by atoms with van der Waals surface area (Å²) in [5, 5.41) is 3.27. The Morgan fingerprint density at radius 3 is 2.65 bits per heavy atom. The van der Waals surface area contributed by atoms with Gasteiger partial charge in [0.15, 0.2) is 9.84 Å². The Kier molecular flexibility index (Phi) is 5.74. The number of nitrogens with one attached hydrogen (secondary N) is 1. The second-order valence-electron chi connectivity index (χ2n) is 4.78. The fraction of sp³-hybridized carbons (Fsp3) is 0.571. The van der Waals surface area contributed by atoms with Gasteiger partial charge in [0.1, 0.15) is 0 Å². The lowest BCUT2D eigenvalue weighted by Gasteiger charge is -2.26. The molecule has 0 bridgehead atoms. The van der Waals surface area contributed by atoms with Crippen molar-refractivity contribution in [3.8, 4) is 0 Å². The first-order valence-corrected chi connectivity index (χ1v) is 9.80. The zero-order valence-corrected chi connectivity index (χ0v) is 13.5. The lowest BCUT2D eigenvalue weighted by molar-refractivity contribution is 0.314. The standard InChI is InChI=1S/C14H22N2O2S2/c1-2-20(17,18)14-6-4-3-5-13(14)15-7-8-16-9-11-19-12-10-16/h3-6,15H,2,7-12H2,1H3. The predicted molar refractivity (Wildman–Crippen MR) is 86.4 cm³/mol. The molecule has 2 rings (SSSR count). The fourth-order valence-electron chi connectivity index (χ4n) is 2.21. The Morgan fingerprint density at radius 1 is 1.25 bits per heavy atom. The van der Waals surface area contributed by atoms with Crippen molar-refractivity contribution in [3.05, 3.63) is 24.3 Å². The van der Waals surface area contributed by atoms with E-state index >= 15 is 0 Å². The summed E-state index contributed by atoms with van der Waals surface area (Å²) in [6, 6.07) is 7.16. The van der Waals surface area contributed by atoms with E-state index < -0.39 is 9.84 Å². The molecule has 0 spiro atoms. The molecule has 1 heterocycles. The van der Waals surface area contributed by atoms with Gasteiger partial charge in [-0.2, -0.15) is 11.8 Å². The quantitative estimate of drug-likeness (QED) is 0.869. The van der Waals surface area contributed by atoms with E-state index in [-0.39, 0.29) is 5.75 Å². The highest BCUT2D eigenvalue weighted by Crippen LogP contribution is 2.21. The van der Waals surface area contributed by atoms with E-state index in [0.29, 0.717) is 4.90 Å². The highest BCUT2D eigenvalue weighted by molar-refractivity contribution is 7.99. The Morgan fingerprint density at radius 2 is 1.95 bits per heavy atom. The third kappa shape index (κ3) is 4.14. The van der Waals surface area contributed by atoms with Crippen molar-refractivity contribution in [2.45, 2.75) is 11.8 Å². The largest absolute Gasteiger partial charge is 0.383 e. The summed E-state index contributed by atoms with van der Waals surface area (Å²) in [4.78, 5) is 2.83. The van der Waals surface area contributed by atoms with Crippen LogP contribution in [0.25, 0.3) is 0 Å². The minimum absolute atomic E-state index is 0.134. The summed E-state index contributed by atoms with van der Waals surface area (Å²) in [5.41, 5.74) is 0.723. The monoisotopic (exact) mass is 314 g/mol. The molecule has 6 heteroatoms. The van der Waals surface area contributed by atoms with Crippen molar-refractivity contribution in [1.29, 1.82) is 0 Å². The number of nitrogens with zero attached hydrogens (tertiary/aromatic N) is 1. The van der Waals surface area contributed by atoms with Crippen molar-refractivity contribution in [2.75, 3.05) is 48.8 Å². The van der Waals surface area contributed by atoms with Crippen LogP contribution >= 0.6 is 11.8 Å². The van der Waals surface area contributed by atoms with Crippen molar-refractivity contribution >= 4 is 27.3 Å². The van der Waals surface area contributed by atoms with Crippen LogP contribution in [0.15, 0.2) is 29.2 Å². The molecule has 0 unspecified atom stereocenters. The average molecular weight is 314 g/mol. The SMILES string of the molecule is CCS(=O)(=O)c1ccccc1NCCN1CCSCC1. The molecule has 0 radical (unpaired) electrons. The smallest absolute Gasteiger partial charge is 0.180 e. The first kappa shape index (κ1) is 15.7. The fourth-order valence-corrected chi connectivity index (χ4v) is 4.26. The molecule has 4 nitrogen and oxygen atoms in total. The molecular weight excluding hydrogens is 292 g/mol. The van der Waals surface area contributed by atoms with Crippen LogP contribution in [0.1, 0.15) is 6.92 Å². The van der Waals surface area contributed by atoms with Crippen molar-refractivity contribution in [1.82, 2.24) is 4.90 Å². The molecule has 1 aliphatic heterocycles. The Labute approximate surface area is 125 Å². The van der Waals surface area contributed by atoms with E-state index in [0.717, 1.165) is 31.9 Å².